The summed E-state index contributed by atoms with van der Waals surface area (Å²) in [7, 11) is 0. The molecule has 9 heteroatoms. The average Bonchev–Trinajstić information content (AvgIpc) is 3.52. The SMILES string of the molecule is O=C1Cc2cc(C(=O)CSc3nnc(-c4ccc(F)cc4)n3C[C@H]3CCCO3)ccc2N1. The van der Waals surface area contributed by atoms with E-state index in [0.29, 0.717) is 29.5 Å². The summed E-state index contributed by atoms with van der Waals surface area (Å²) in [5, 5.41) is 12.0. The van der Waals surface area contributed by atoms with Crippen molar-refractivity contribution in [3.05, 3.63) is 59.4 Å². The van der Waals surface area contributed by atoms with Crippen LogP contribution in [0.15, 0.2) is 47.6 Å². The number of nitrogens with one attached hydrogen (secondary N) is 1. The van der Waals surface area contributed by atoms with Crippen molar-refractivity contribution < 1.29 is 18.7 Å². The molecule has 7 nitrogen and oxygen atoms in total. The quantitative estimate of drug-likeness (QED) is 0.434. The molecular formula is C23H21FN4O3S. The summed E-state index contributed by atoms with van der Waals surface area (Å²) >= 11 is 1.31. The van der Waals surface area contributed by atoms with E-state index in [2.05, 4.69) is 15.5 Å². The van der Waals surface area contributed by atoms with Gasteiger partial charge in [-0.05, 0) is 60.9 Å². The third kappa shape index (κ3) is 4.31. The van der Waals surface area contributed by atoms with E-state index in [-0.39, 0.29) is 29.4 Å². The number of hydrogen-bond donors (Lipinski definition) is 1. The fraction of sp³-hybridized carbons (Fsp3) is 0.304. The standard InChI is InChI=1S/C23H21FN4O3S/c24-17-6-3-14(4-7-17)22-26-27-23(28(22)12-18-2-1-9-31-18)32-13-20(29)15-5-8-19-16(10-15)11-21(30)25-19/h3-8,10,18H,1-2,9,11-13H2,(H,25,30)/t18-/m1/s1. The number of hydrogen-bond acceptors (Lipinski definition) is 6. The van der Waals surface area contributed by atoms with Gasteiger partial charge in [0.25, 0.3) is 0 Å². The maximum absolute atomic E-state index is 13.4. The van der Waals surface area contributed by atoms with E-state index in [1.807, 2.05) is 4.57 Å². The first-order valence-electron chi connectivity index (χ1n) is 10.5. The molecule has 2 aromatic carbocycles. The molecule has 5 rings (SSSR count). The number of aromatic nitrogens is 3. The molecule has 0 unspecified atom stereocenters. The molecule has 1 amide bonds. The summed E-state index contributed by atoms with van der Waals surface area (Å²) in [6, 6.07) is 11.4. The zero-order chi connectivity index (χ0) is 22.1. The number of ketones is 1. The number of anilines is 1. The van der Waals surface area contributed by atoms with E-state index in [0.717, 1.165) is 36.3 Å². The predicted octanol–water partition coefficient (Wildman–Crippen LogP) is 3.73. The zero-order valence-corrected chi connectivity index (χ0v) is 18.0. The lowest BCUT2D eigenvalue weighted by molar-refractivity contribution is -0.115. The molecule has 1 saturated heterocycles. The van der Waals surface area contributed by atoms with Gasteiger partial charge in [0, 0.05) is 23.4 Å². The summed E-state index contributed by atoms with van der Waals surface area (Å²) in [6.07, 6.45) is 2.31. The molecule has 32 heavy (non-hydrogen) atoms. The van der Waals surface area contributed by atoms with E-state index in [9.17, 15) is 14.0 Å². The second kappa shape index (κ2) is 8.84. The Kier molecular flexibility index (Phi) is 5.75. The van der Waals surface area contributed by atoms with Crippen molar-refractivity contribution in [1.29, 1.82) is 0 Å². The van der Waals surface area contributed by atoms with Gasteiger partial charge in [-0.3, -0.25) is 14.2 Å². The van der Waals surface area contributed by atoms with Gasteiger partial charge in [0.05, 0.1) is 24.8 Å². The second-order valence-electron chi connectivity index (χ2n) is 7.87. The maximum atomic E-state index is 13.4. The van der Waals surface area contributed by atoms with Gasteiger partial charge >= 0.3 is 0 Å². The molecule has 1 atom stereocenters. The van der Waals surface area contributed by atoms with Crippen LogP contribution < -0.4 is 5.32 Å². The van der Waals surface area contributed by atoms with E-state index >= 15 is 0 Å². The number of carbonyl (C=O) groups excluding carboxylic acids is 2. The third-order valence-electron chi connectivity index (χ3n) is 5.61. The molecule has 2 aliphatic heterocycles. The Bertz CT molecular complexity index is 1170. The molecule has 3 aromatic rings. The van der Waals surface area contributed by atoms with Gasteiger partial charge in [-0.25, -0.2) is 4.39 Å². The van der Waals surface area contributed by atoms with Crippen LogP contribution >= 0.6 is 11.8 Å². The molecule has 0 aliphatic carbocycles. The van der Waals surface area contributed by atoms with Crippen molar-refractivity contribution in [1.82, 2.24) is 14.8 Å². The number of ether oxygens (including phenoxy) is 1. The highest BCUT2D eigenvalue weighted by molar-refractivity contribution is 7.99. The molecule has 1 N–H and O–H groups in total. The number of carbonyl (C=O) groups is 2. The van der Waals surface area contributed by atoms with Crippen LogP contribution in [-0.2, 0) is 22.5 Å². The van der Waals surface area contributed by atoms with E-state index < -0.39 is 0 Å². The van der Waals surface area contributed by atoms with E-state index in [1.54, 1.807) is 30.3 Å². The minimum absolute atomic E-state index is 0.0489. The molecule has 164 valence electrons. The van der Waals surface area contributed by atoms with E-state index in [1.165, 1.54) is 23.9 Å². The molecule has 0 radical (unpaired) electrons. The highest BCUT2D eigenvalue weighted by Crippen LogP contribution is 2.28. The number of halogens is 1. The van der Waals surface area contributed by atoms with Gasteiger partial charge in [0.15, 0.2) is 16.8 Å². The van der Waals surface area contributed by atoms with Crippen LogP contribution in [0.4, 0.5) is 10.1 Å². The summed E-state index contributed by atoms with van der Waals surface area (Å²) < 4.78 is 21.1. The zero-order valence-electron chi connectivity index (χ0n) is 17.2. The minimum atomic E-state index is -0.314. The Morgan fingerprint density at radius 2 is 2.06 bits per heavy atom. The predicted molar refractivity (Wildman–Crippen MR) is 118 cm³/mol. The Balaban J connectivity index is 1.36. The molecule has 1 fully saturated rings. The van der Waals surface area contributed by atoms with Gasteiger partial charge in [0.1, 0.15) is 5.82 Å². The van der Waals surface area contributed by atoms with Gasteiger partial charge in [0.2, 0.25) is 5.91 Å². The molecule has 2 aliphatic rings. The molecule has 0 spiro atoms. The monoisotopic (exact) mass is 452 g/mol. The van der Waals surface area contributed by atoms with Gasteiger partial charge in [-0.1, -0.05) is 11.8 Å². The lowest BCUT2D eigenvalue weighted by Gasteiger charge is -2.14. The Hall–Kier alpha value is -3.04. The summed E-state index contributed by atoms with van der Waals surface area (Å²) in [6.45, 7) is 1.30. The maximum Gasteiger partial charge on any atom is 0.228 e. The number of benzene rings is 2. The Morgan fingerprint density at radius 1 is 1.22 bits per heavy atom. The first kappa shape index (κ1) is 20.8. The number of fused-ring (bicyclic) bond motifs is 1. The van der Waals surface area contributed by atoms with Crippen LogP contribution in [0.2, 0.25) is 0 Å². The Labute approximate surface area is 188 Å². The summed E-state index contributed by atoms with van der Waals surface area (Å²) in [5.41, 5.74) is 2.92. The van der Waals surface area contributed by atoms with Gasteiger partial charge < -0.3 is 10.1 Å². The number of amides is 1. The molecule has 0 bridgehead atoms. The van der Waals surface area contributed by atoms with Gasteiger partial charge in [-0.15, -0.1) is 10.2 Å². The summed E-state index contributed by atoms with van der Waals surface area (Å²) in [5.74, 6) is 0.386. The first-order chi connectivity index (χ1) is 15.6. The average molecular weight is 453 g/mol. The van der Waals surface area contributed by atoms with Crippen LogP contribution in [0, 0.1) is 5.82 Å². The topological polar surface area (TPSA) is 86.1 Å². The fourth-order valence-electron chi connectivity index (χ4n) is 3.98. The van der Waals surface area contributed by atoms with Crippen molar-refractivity contribution in [3.8, 4) is 11.4 Å². The van der Waals surface area contributed by atoms with E-state index in [4.69, 9.17) is 4.74 Å². The number of nitrogens with zero attached hydrogens (tertiary/aromatic N) is 3. The van der Waals surface area contributed by atoms with Crippen molar-refractivity contribution in [2.45, 2.75) is 37.1 Å². The van der Waals surface area contributed by atoms with Crippen molar-refractivity contribution in [3.63, 3.8) is 0 Å². The minimum Gasteiger partial charge on any atom is -0.376 e. The normalized spacial score (nSPS) is 17.4. The lowest BCUT2D eigenvalue weighted by Crippen LogP contribution is -2.17. The van der Waals surface area contributed by atoms with Crippen LogP contribution in [0.3, 0.4) is 0 Å². The molecule has 0 saturated carbocycles. The largest absolute Gasteiger partial charge is 0.376 e. The van der Waals surface area contributed by atoms with Crippen molar-refractivity contribution in [2.75, 3.05) is 17.7 Å². The molecule has 1 aromatic heterocycles. The lowest BCUT2D eigenvalue weighted by atomic mass is 10.1. The Morgan fingerprint density at radius 3 is 2.84 bits per heavy atom. The first-order valence-corrected chi connectivity index (χ1v) is 11.4. The van der Waals surface area contributed by atoms with Crippen LogP contribution in [-0.4, -0.2) is 44.9 Å². The molecule has 3 heterocycles. The highest BCUT2D eigenvalue weighted by atomic mass is 32.2. The van der Waals surface area contributed by atoms with Crippen molar-refractivity contribution in [2.24, 2.45) is 0 Å². The molecular weight excluding hydrogens is 431 g/mol. The number of Topliss-reactive ketones (excluding diaryl/α,β-unsaturated/α-hetero) is 1. The summed E-state index contributed by atoms with van der Waals surface area (Å²) in [4.78, 5) is 24.4. The second-order valence-corrected chi connectivity index (χ2v) is 8.81. The van der Waals surface area contributed by atoms with Crippen LogP contribution in [0.25, 0.3) is 11.4 Å². The van der Waals surface area contributed by atoms with Crippen LogP contribution in [0.1, 0.15) is 28.8 Å². The highest BCUT2D eigenvalue weighted by Gasteiger charge is 2.23. The van der Waals surface area contributed by atoms with Gasteiger partial charge in [-0.2, -0.15) is 0 Å². The number of thioether (sulfide) groups is 1. The van der Waals surface area contributed by atoms with Crippen LogP contribution in [0.5, 0.6) is 0 Å². The third-order valence-corrected chi connectivity index (χ3v) is 6.58. The fourth-order valence-corrected chi connectivity index (χ4v) is 4.82. The number of rotatable bonds is 7. The smallest absolute Gasteiger partial charge is 0.228 e. The van der Waals surface area contributed by atoms with Crippen molar-refractivity contribution >= 4 is 29.1 Å².